The number of carbonyl (C=O) groups excluding carboxylic acids is 1. The van der Waals surface area contributed by atoms with Gasteiger partial charge in [0, 0.05) is 44.6 Å². The molecule has 3 heterocycles. The zero-order valence-electron chi connectivity index (χ0n) is 11.4. The maximum atomic E-state index is 12.1. The molecule has 2 fully saturated rings. The number of pyridine rings is 1. The highest BCUT2D eigenvalue weighted by atomic mass is 16.5. The Hall–Kier alpha value is -1.72. The molecule has 5 nitrogen and oxygen atoms in total. The Balaban J connectivity index is 1.50. The van der Waals surface area contributed by atoms with E-state index in [4.69, 9.17) is 4.74 Å². The largest absolute Gasteiger partial charge is 0.378 e. The van der Waals surface area contributed by atoms with Crippen LogP contribution < -0.4 is 0 Å². The molecule has 2 aliphatic rings. The Morgan fingerprint density at radius 1 is 1.20 bits per heavy atom. The number of aromatic nitrogens is 1. The molecule has 0 aliphatic carbocycles. The zero-order valence-corrected chi connectivity index (χ0v) is 11.4. The van der Waals surface area contributed by atoms with Gasteiger partial charge in [0.2, 0.25) is 5.91 Å². The molecule has 1 amide bonds. The molecule has 0 saturated carbocycles. The van der Waals surface area contributed by atoms with Crippen LogP contribution in [0.2, 0.25) is 0 Å². The van der Waals surface area contributed by atoms with Crippen LogP contribution in [0, 0.1) is 0 Å². The van der Waals surface area contributed by atoms with Gasteiger partial charge in [-0.05, 0) is 23.8 Å². The molecular formula is C15H19N3O2. The number of hydrogen-bond acceptors (Lipinski definition) is 4. The minimum atomic E-state index is 0.0892. The van der Waals surface area contributed by atoms with E-state index in [1.54, 1.807) is 18.5 Å². The standard InChI is InChI=1S/C15H19N3O2/c19-15(2-1-13-3-5-16-6-4-13)18-9-7-17(8-10-18)14-11-20-12-14/h1-6,14H,7-12H2/b2-1+. The SMILES string of the molecule is O=C(/C=C/c1ccncc1)N1CCN(C2COC2)CC1. The maximum absolute atomic E-state index is 12.1. The predicted molar refractivity (Wildman–Crippen MR) is 76.0 cm³/mol. The van der Waals surface area contributed by atoms with Crippen LogP contribution in [0.5, 0.6) is 0 Å². The minimum absolute atomic E-state index is 0.0892. The normalized spacial score (nSPS) is 21.1. The van der Waals surface area contributed by atoms with E-state index >= 15 is 0 Å². The lowest BCUT2D eigenvalue weighted by Crippen LogP contribution is -2.57. The summed E-state index contributed by atoms with van der Waals surface area (Å²) >= 11 is 0. The van der Waals surface area contributed by atoms with Gasteiger partial charge < -0.3 is 9.64 Å². The van der Waals surface area contributed by atoms with Gasteiger partial charge in [0.15, 0.2) is 0 Å². The summed E-state index contributed by atoms with van der Waals surface area (Å²) in [6.07, 6.45) is 6.95. The fourth-order valence-electron chi connectivity index (χ4n) is 2.49. The van der Waals surface area contributed by atoms with Crippen LogP contribution in [0.3, 0.4) is 0 Å². The second-order valence-corrected chi connectivity index (χ2v) is 5.17. The zero-order chi connectivity index (χ0) is 13.8. The van der Waals surface area contributed by atoms with Crippen molar-refractivity contribution in [1.82, 2.24) is 14.8 Å². The molecule has 2 saturated heterocycles. The molecule has 3 rings (SSSR count). The maximum Gasteiger partial charge on any atom is 0.246 e. The van der Waals surface area contributed by atoms with Crippen molar-refractivity contribution in [3.8, 4) is 0 Å². The van der Waals surface area contributed by atoms with E-state index in [1.807, 2.05) is 23.1 Å². The van der Waals surface area contributed by atoms with E-state index in [2.05, 4.69) is 9.88 Å². The van der Waals surface area contributed by atoms with Crippen molar-refractivity contribution in [1.29, 1.82) is 0 Å². The van der Waals surface area contributed by atoms with Crippen molar-refractivity contribution >= 4 is 12.0 Å². The van der Waals surface area contributed by atoms with Gasteiger partial charge in [-0.25, -0.2) is 0 Å². The van der Waals surface area contributed by atoms with Crippen molar-refractivity contribution < 1.29 is 9.53 Å². The van der Waals surface area contributed by atoms with E-state index in [0.717, 1.165) is 45.0 Å². The van der Waals surface area contributed by atoms with Crippen LogP contribution in [0.15, 0.2) is 30.6 Å². The van der Waals surface area contributed by atoms with Crippen molar-refractivity contribution in [3.05, 3.63) is 36.2 Å². The molecule has 0 aromatic carbocycles. The lowest BCUT2D eigenvalue weighted by Gasteiger charge is -2.42. The van der Waals surface area contributed by atoms with Crippen LogP contribution in [-0.4, -0.2) is 66.1 Å². The summed E-state index contributed by atoms with van der Waals surface area (Å²) in [5.41, 5.74) is 0.999. The molecule has 20 heavy (non-hydrogen) atoms. The molecule has 1 aromatic heterocycles. The van der Waals surface area contributed by atoms with Crippen LogP contribution in [0.4, 0.5) is 0 Å². The molecule has 0 bridgehead atoms. The van der Waals surface area contributed by atoms with Crippen LogP contribution in [0.1, 0.15) is 5.56 Å². The predicted octanol–water partition coefficient (Wildman–Crippen LogP) is 0.638. The first-order valence-electron chi connectivity index (χ1n) is 7.02. The van der Waals surface area contributed by atoms with Gasteiger partial charge >= 0.3 is 0 Å². The number of amides is 1. The molecule has 0 unspecified atom stereocenters. The number of piperazine rings is 1. The van der Waals surface area contributed by atoms with Gasteiger partial charge in [-0.3, -0.25) is 14.7 Å². The van der Waals surface area contributed by atoms with Gasteiger partial charge in [0.25, 0.3) is 0 Å². The summed E-state index contributed by atoms with van der Waals surface area (Å²) in [5, 5.41) is 0. The van der Waals surface area contributed by atoms with Crippen molar-refractivity contribution in [2.24, 2.45) is 0 Å². The summed E-state index contributed by atoms with van der Waals surface area (Å²) in [6, 6.07) is 4.34. The van der Waals surface area contributed by atoms with Gasteiger partial charge in [-0.15, -0.1) is 0 Å². The van der Waals surface area contributed by atoms with E-state index in [-0.39, 0.29) is 5.91 Å². The molecule has 0 atom stereocenters. The number of nitrogens with zero attached hydrogens (tertiary/aromatic N) is 3. The third-order valence-electron chi connectivity index (χ3n) is 3.89. The number of rotatable bonds is 3. The molecule has 0 spiro atoms. The second-order valence-electron chi connectivity index (χ2n) is 5.17. The molecular weight excluding hydrogens is 254 g/mol. The fraction of sp³-hybridized carbons (Fsp3) is 0.467. The number of hydrogen-bond donors (Lipinski definition) is 0. The lowest BCUT2D eigenvalue weighted by atomic mass is 10.2. The summed E-state index contributed by atoms with van der Waals surface area (Å²) in [6.45, 7) is 5.18. The Bertz CT molecular complexity index is 477. The molecule has 0 N–H and O–H groups in total. The first kappa shape index (κ1) is 13.3. The minimum Gasteiger partial charge on any atom is -0.378 e. The van der Waals surface area contributed by atoms with E-state index in [0.29, 0.717) is 6.04 Å². The van der Waals surface area contributed by atoms with Gasteiger partial charge in [-0.1, -0.05) is 0 Å². The molecule has 5 heteroatoms. The Morgan fingerprint density at radius 3 is 2.50 bits per heavy atom. The van der Waals surface area contributed by atoms with E-state index < -0.39 is 0 Å². The van der Waals surface area contributed by atoms with E-state index in [1.165, 1.54) is 0 Å². The Kier molecular flexibility index (Phi) is 4.08. The van der Waals surface area contributed by atoms with Crippen molar-refractivity contribution in [2.75, 3.05) is 39.4 Å². The van der Waals surface area contributed by atoms with Crippen LogP contribution in [0.25, 0.3) is 6.08 Å². The second kappa shape index (κ2) is 6.15. The fourth-order valence-corrected chi connectivity index (χ4v) is 2.49. The quantitative estimate of drug-likeness (QED) is 0.758. The first-order chi connectivity index (χ1) is 9.83. The highest BCUT2D eigenvalue weighted by Crippen LogP contribution is 2.13. The summed E-state index contributed by atoms with van der Waals surface area (Å²) in [7, 11) is 0. The Morgan fingerprint density at radius 2 is 1.90 bits per heavy atom. The number of ether oxygens (including phenoxy) is 1. The van der Waals surface area contributed by atoms with E-state index in [9.17, 15) is 4.79 Å². The highest BCUT2D eigenvalue weighted by molar-refractivity contribution is 5.91. The van der Waals surface area contributed by atoms with Crippen molar-refractivity contribution in [2.45, 2.75) is 6.04 Å². The van der Waals surface area contributed by atoms with Gasteiger partial charge in [-0.2, -0.15) is 0 Å². The monoisotopic (exact) mass is 273 g/mol. The van der Waals surface area contributed by atoms with Gasteiger partial charge in [0.05, 0.1) is 19.3 Å². The van der Waals surface area contributed by atoms with Crippen molar-refractivity contribution in [3.63, 3.8) is 0 Å². The summed E-state index contributed by atoms with van der Waals surface area (Å²) in [5.74, 6) is 0.0892. The summed E-state index contributed by atoms with van der Waals surface area (Å²) < 4.78 is 5.21. The highest BCUT2D eigenvalue weighted by Gasteiger charge is 2.29. The molecule has 0 radical (unpaired) electrons. The summed E-state index contributed by atoms with van der Waals surface area (Å²) in [4.78, 5) is 20.4. The molecule has 106 valence electrons. The Labute approximate surface area is 118 Å². The van der Waals surface area contributed by atoms with Gasteiger partial charge in [0.1, 0.15) is 0 Å². The average molecular weight is 273 g/mol. The third kappa shape index (κ3) is 3.05. The average Bonchev–Trinajstić information content (AvgIpc) is 2.45. The topological polar surface area (TPSA) is 45.7 Å². The lowest BCUT2D eigenvalue weighted by molar-refractivity contribution is -0.130. The first-order valence-corrected chi connectivity index (χ1v) is 7.02. The number of carbonyl (C=O) groups is 1. The van der Waals surface area contributed by atoms with Crippen LogP contribution >= 0.6 is 0 Å². The molecule has 2 aliphatic heterocycles. The third-order valence-corrected chi connectivity index (χ3v) is 3.89. The molecule has 1 aromatic rings. The van der Waals surface area contributed by atoms with Crippen LogP contribution in [-0.2, 0) is 9.53 Å². The smallest absolute Gasteiger partial charge is 0.246 e.